The summed E-state index contributed by atoms with van der Waals surface area (Å²) in [6.07, 6.45) is -0.581. The van der Waals surface area contributed by atoms with Gasteiger partial charge < -0.3 is 10.5 Å². The number of carbonyl (C=O) groups is 1. The summed E-state index contributed by atoms with van der Waals surface area (Å²) >= 11 is 0. The summed E-state index contributed by atoms with van der Waals surface area (Å²) in [7, 11) is 0. The topological polar surface area (TPSA) is 55.6 Å². The third-order valence-electron chi connectivity index (χ3n) is 3.28. The Morgan fingerprint density at radius 1 is 0.944 bits per heavy atom. The summed E-state index contributed by atoms with van der Waals surface area (Å²) in [5.74, 6) is -0.428. The van der Waals surface area contributed by atoms with E-state index in [0.29, 0.717) is 0 Å². The van der Waals surface area contributed by atoms with Crippen molar-refractivity contribution in [3.05, 3.63) is 71.8 Å². The van der Waals surface area contributed by atoms with Crippen LogP contribution in [0.3, 0.4) is 0 Å². The van der Waals surface area contributed by atoms with Gasteiger partial charge in [0, 0.05) is 0 Å². The minimum atomic E-state index is -0.700. The normalized spacial score (nSPS) is 20.3. The zero-order chi connectivity index (χ0) is 12.6. The monoisotopic (exact) mass is 239 g/mol. The van der Waals surface area contributed by atoms with Crippen molar-refractivity contribution in [2.45, 2.75) is 11.7 Å². The van der Waals surface area contributed by atoms with Gasteiger partial charge in [-0.25, -0.2) is 0 Å². The van der Waals surface area contributed by atoms with Gasteiger partial charge in [0.2, 0.25) is 5.91 Å². The van der Waals surface area contributed by atoms with Crippen molar-refractivity contribution in [1.29, 1.82) is 0 Å². The Morgan fingerprint density at radius 3 is 1.72 bits per heavy atom. The summed E-state index contributed by atoms with van der Waals surface area (Å²) in [5, 5.41) is 0. The number of primary amides is 1. The number of hydrogen-bond donors (Lipinski definition) is 1. The first kappa shape index (κ1) is 11.0. The highest BCUT2D eigenvalue weighted by Gasteiger charge is 2.62. The highest BCUT2D eigenvalue weighted by atomic mass is 16.6. The molecule has 2 aromatic rings. The molecule has 1 amide bonds. The maximum Gasteiger partial charge on any atom is 0.250 e. The van der Waals surface area contributed by atoms with Crippen LogP contribution in [0.5, 0.6) is 0 Å². The zero-order valence-corrected chi connectivity index (χ0v) is 9.74. The smallest absolute Gasteiger partial charge is 0.250 e. The van der Waals surface area contributed by atoms with Gasteiger partial charge in [-0.3, -0.25) is 4.79 Å². The molecule has 1 aliphatic heterocycles. The van der Waals surface area contributed by atoms with Gasteiger partial charge in [-0.1, -0.05) is 60.7 Å². The van der Waals surface area contributed by atoms with Gasteiger partial charge in [0.25, 0.3) is 0 Å². The van der Waals surface area contributed by atoms with Gasteiger partial charge in [-0.05, 0) is 11.1 Å². The molecule has 0 aliphatic carbocycles. The lowest BCUT2D eigenvalue weighted by atomic mass is 9.88. The predicted molar refractivity (Wildman–Crippen MR) is 67.7 cm³/mol. The van der Waals surface area contributed by atoms with E-state index in [-0.39, 0.29) is 0 Å². The fourth-order valence-electron chi connectivity index (χ4n) is 2.39. The molecule has 2 N–H and O–H groups in total. The van der Waals surface area contributed by atoms with Gasteiger partial charge in [0.05, 0.1) is 0 Å². The SMILES string of the molecule is NC(=O)[C@H]1OC1(c1ccccc1)c1ccccc1. The van der Waals surface area contributed by atoms with Crippen LogP contribution in [0.2, 0.25) is 0 Å². The molecule has 1 atom stereocenters. The third-order valence-corrected chi connectivity index (χ3v) is 3.28. The van der Waals surface area contributed by atoms with Gasteiger partial charge in [-0.15, -0.1) is 0 Å². The molecule has 3 rings (SSSR count). The number of ether oxygens (including phenoxy) is 1. The van der Waals surface area contributed by atoms with Crippen molar-refractivity contribution in [2.24, 2.45) is 5.73 Å². The molecule has 1 aliphatic rings. The Kier molecular flexibility index (Phi) is 2.42. The number of benzene rings is 2. The second kappa shape index (κ2) is 3.96. The van der Waals surface area contributed by atoms with E-state index in [0.717, 1.165) is 11.1 Å². The van der Waals surface area contributed by atoms with Gasteiger partial charge in [-0.2, -0.15) is 0 Å². The Bertz CT molecular complexity index is 526. The highest BCUT2D eigenvalue weighted by molar-refractivity contribution is 5.85. The average Bonchev–Trinajstić information content (AvgIpc) is 3.18. The van der Waals surface area contributed by atoms with Crippen molar-refractivity contribution >= 4 is 5.91 Å². The van der Waals surface area contributed by atoms with Crippen molar-refractivity contribution in [1.82, 2.24) is 0 Å². The largest absolute Gasteiger partial charge is 0.367 e. The molecule has 0 unspecified atom stereocenters. The molecule has 0 spiro atoms. The van der Waals surface area contributed by atoms with Crippen LogP contribution < -0.4 is 5.73 Å². The van der Waals surface area contributed by atoms with E-state index in [2.05, 4.69) is 0 Å². The summed E-state index contributed by atoms with van der Waals surface area (Å²) in [4.78, 5) is 11.4. The van der Waals surface area contributed by atoms with Crippen LogP contribution in [-0.2, 0) is 15.1 Å². The van der Waals surface area contributed by atoms with E-state index in [1.807, 2.05) is 60.7 Å². The number of hydrogen-bond acceptors (Lipinski definition) is 2. The molecule has 2 aromatic carbocycles. The van der Waals surface area contributed by atoms with Crippen LogP contribution in [-0.4, -0.2) is 12.0 Å². The molecule has 3 nitrogen and oxygen atoms in total. The molecule has 3 heteroatoms. The van der Waals surface area contributed by atoms with E-state index >= 15 is 0 Å². The quantitative estimate of drug-likeness (QED) is 0.830. The molecular formula is C15H13NO2. The lowest BCUT2D eigenvalue weighted by Crippen LogP contribution is -2.26. The van der Waals surface area contributed by atoms with E-state index in [4.69, 9.17) is 10.5 Å². The van der Waals surface area contributed by atoms with Crippen LogP contribution >= 0.6 is 0 Å². The van der Waals surface area contributed by atoms with E-state index in [1.165, 1.54) is 0 Å². The van der Waals surface area contributed by atoms with E-state index in [9.17, 15) is 4.79 Å². The second-order valence-electron chi connectivity index (χ2n) is 4.37. The zero-order valence-electron chi connectivity index (χ0n) is 9.74. The average molecular weight is 239 g/mol. The van der Waals surface area contributed by atoms with Crippen molar-refractivity contribution < 1.29 is 9.53 Å². The molecule has 1 fully saturated rings. The molecule has 0 saturated carbocycles. The molecule has 0 radical (unpaired) electrons. The Labute approximate surface area is 105 Å². The lowest BCUT2D eigenvalue weighted by Gasteiger charge is -2.13. The maximum atomic E-state index is 11.4. The number of nitrogens with two attached hydrogens (primary N) is 1. The number of amides is 1. The number of epoxide rings is 1. The summed E-state index contributed by atoms with van der Waals surface area (Å²) in [5.41, 5.74) is 6.60. The molecule has 90 valence electrons. The summed E-state index contributed by atoms with van der Waals surface area (Å²) < 4.78 is 5.66. The van der Waals surface area contributed by atoms with Gasteiger partial charge >= 0.3 is 0 Å². The first-order valence-corrected chi connectivity index (χ1v) is 5.83. The standard InChI is InChI=1S/C15H13NO2/c16-14(17)13-15(18-13,11-7-3-1-4-8-11)12-9-5-2-6-10-12/h1-10,13H,(H2,16,17)/t13-/m1/s1. The Hall–Kier alpha value is -2.13. The number of rotatable bonds is 3. The van der Waals surface area contributed by atoms with E-state index in [1.54, 1.807) is 0 Å². The van der Waals surface area contributed by atoms with Crippen LogP contribution in [0.25, 0.3) is 0 Å². The van der Waals surface area contributed by atoms with Crippen LogP contribution in [0, 0.1) is 0 Å². The van der Waals surface area contributed by atoms with Gasteiger partial charge in [0.1, 0.15) is 0 Å². The lowest BCUT2D eigenvalue weighted by molar-refractivity contribution is -0.119. The summed E-state index contributed by atoms with van der Waals surface area (Å²) in [6, 6.07) is 19.4. The fourth-order valence-corrected chi connectivity index (χ4v) is 2.39. The molecule has 0 aromatic heterocycles. The highest BCUT2D eigenvalue weighted by Crippen LogP contribution is 2.51. The number of carbonyl (C=O) groups excluding carboxylic acids is 1. The Balaban J connectivity index is 2.11. The first-order valence-electron chi connectivity index (χ1n) is 5.83. The van der Waals surface area contributed by atoms with Gasteiger partial charge in [0.15, 0.2) is 11.7 Å². The molecule has 18 heavy (non-hydrogen) atoms. The molecule has 1 heterocycles. The van der Waals surface area contributed by atoms with Crippen molar-refractivity contribution in [3.8, 4) is 0 Å². The minimum Gasteiger partial charge on any atom is -0.367 e. The van der Waals surface area contributed by atoms with Crippen LogP contribution in [0.15, 0.2) is 60.7 Å². The third kappa shape index (κ3) is 1.52. The maximum absolute atomic E-state index is 11.4. The van der Waals surface area contributed by atoms with Crippen molar-refractivity contribution in [2.75, 3.05) is 0 Å². The molecule has 0 bridgehead atoms. The minimum absolute atomic E-state index is 0.428. The fraction of sp³-hybridized carbons (Fsp3) is 0.133. The Morgan fingerprint density at radius 2 is 1.39 bits per heavy atom. The summed E-state index contributed by atoms with van der Waals surface area (Å²) in [6.45, 7) is 0. The molecular weight excluding hydrogens is 226 g/mol. The van der Waals surface area contributed by atoms with E-state index < -0.39 is 17.6 Å². The van der Waals surface area contributed by atoms with Crippen LogP contribution in [0.1, 0.15) is 11.1 Å². The second-order valence-corrected chi connectivity index (χ2v) is 4.37. The van der Waals surface area contributed by atoms with Crippen molar-refractivity contribution in [3.63, 3.8) is 0 Å². The first-order chi connectivity index (χ1) is 8.75. The molecule has 1 saturated heterocycles. The van der Waals surface area contributed by atoms with Crippen LogP contribution in [0.4, 0.5) is 0 Å². The predicted octanol–water partition coefficient (Wildman–Crippen LogP) is 1.81.